The Kier molecular flexibility index (Phi) is 3.04. The molecule has 15 heavy (non-hydrogen) atoms. The van der Waals surface area contributed by atoms with Gasteiger partial charge >= 0.3 is 0 Å². The van der Waals surface area contributed by atoms with E-state index < -0.39 is 0 Å². The number of nitrogens with one attached hydrogen (secondary N) is 1. The zero-order valence-electron chi connectivity index (χ0n) is 8.90. The molecule has 0 aliphatic heterocycles. The third kappa shape index (κ3) is 2.19. The Hall–Kier alpha value is -0.910. The maximum atomic E-state index is 9.14. The molecule has 1 atom stereocenters. The van der Waals surface area contributed by atoms with Crippen molar-refractivity contribution >= 4 is 16.3 Å². The summed E-state index contributed by atoms with van der Waals surface area (Å²) < 4.78 is 2.09. The average Bonchev–Trinajstić information content (AvgIpc) is 2.68. The first-order valence-electron chi connectivity index (χ1n) is 4.98. The fourth-order valence-corrected chi connectivity index (χ4v) is 2.33. The highest BCUT2D eigenvalue weighted by Gasteiger charge is 2.08. The number of aryl methyl sites for hydroxylation is 1. The van der Waals surface area contributed by atoms with E-state index in [1.807, 2.05) is 18.5 Å². The van der Waals surface area contributed by atoms with Crippen LogP contribution < -0.4 is 5.32 Å². The molecule has 2 rings (SSSR count). The molecule has 0 aromatic carbocycles. The summed E-state index contributed by atoms with van der Waals surface area (Å²) in [6, 6.07) is 0. The van der Waals surface area contributed by atoms with Crippen molar-refractivity contribution in [2.45, 2.75) is 26.5 Å². The minimum atomic E-state index is -0.309. The number of thiazole rings is 1. The molecular formula is C10H15N3OS. The number of aliphatic hydroxyl groups is 1. The van der Waals surface area contributed by atoms with Crippen LogP contribution >= 0.6 is 11.3 Å². The number of hydrogen-bond acceptors (Lipinski definition) is 4. The molecule has 0 aliphatic carbocycles. The molecule has 2 heterocycles. The summed E-state index contributed by atoms with van der Waals surface area (Å²) in [5.41, 5.74) is 2.23. The molecule has 0 radical (unpaired) electrons. The predicted molar refractivity (Wildman–Crippen MR) is 61.2 cm³/mol. The van der Waals surface area contributed by atoms with Crippen LogP contribution in [-0.2, 0) is 6.54 Å². The fraction of sp³-hybridized carbons (Fsp3) is 0.500. The number of fused-ring (bicyclic) bond motifs is 1. The lowest BCUT2D eigenvalue weighted by molar-refractivity contribution is 0.190. The van der Waals surface area contributed by atoms with Crippen LogP contribution in [0.25, 0.3) is 4.96 Å². The fourth-order valence-electron chi connectivity index (χ4n) is 1.55. The monoisotopic (exact) mass is 225 g/mol. The number of hydrogen-bond donors (Lipinski definition) is 2. The van der Waals surface area contributed by atoms with Gasteiger partial charge in [0.05, 0.1) is 17.5 Å². The number of imidazole rings is 1. The molecule has 0 saturated carbocycles. The van der Waals surface area contributed by atoms with E-state index in [9.17, 15) is 0 Å². The number of nitrogens with zero attached hydrogens (tertiary/aromatic N) is 2. The van der Waals surface area contributed by atoms with Gasteiger partial charge in [0.15, 0.2) is 4.96 Å². The molecule has 2 aromatic rings. The van der Waals surface area contributed by atoms with E-state index in [-0.39, 0.29) is 6.10 Å². The minimum absolute atomic E-state index is 0.309. The molecule has 0 saturated heterocycles. The van der Waals surface area contributed by atoms with Gasteiger partial charge in [-0.05, 0) is 13.8 Å². The van der Waals surface area contributed by atoms with Crippen LogP contribution in [0.5, 0.6) is 0 Å². The van der Waals surface area contributed by atoms with Crippen molar-refractivity contribution in [1.29, 1.82) is 0 Å². The second kappa shape index (κ2) is 4.30. The smallest absolute Gasteiger partial charge is 0.194 e. The van der Waals surface area contributed by atoms with Crippen LogP contribution in [0.4, 0.5) is 0 Å². The quantitative estimate of drug-likeness (QED) is 0.821. The zero-order chi connectivity index (χ0) is 10.8. The maximum Gasteiger partial charge on any atom is 0.194 e. The maximum absolute atomic E-state index is 9.14. The van der Waals surface area contributed by atoms with Crippen LogP contribution in [0.2, 0.25) is 0 Å². The molecule has 0 aliphatic rings. The van der Waals surface area contributed by atoms with E-state index in [2.05, 4.69) is 14.7 Å². The summed E-state index contributed by atoms with van der Waals surface area (Å²) in [6.45, 7) is 5.14. The van der Waals surface area contributed by atoms with Gasteiger partial charge in [-0.15, -0.1) is 11.3 Å². The van der Waals surface area contributed by atoms with E-state index >= 15 is 0 Å². The number of aromatic nitrogens is 2. The summed E-state index contributed by atoms with van der Waals surface area (Å²) in [5, 5.41) is 14.4. The highest BCUT2D eigenvalue weighted by atomic mass is 32.1. The molecule has 0 spiro atoms. The Morgan fingerprint density at radius 2 is 2.47 bits per heavy atom. The van der Waals surface area contributed by atoms with Gasteiger partial charge in [0, 0.05) is 24.7 Å². The minimum Gasteiger partial charge on any atom is -0.392 e. The van der Waals surface area contributed by atoms with Crippen molar-refractivity contribution in [2.75, 3.05) is 6.54 Å². The lowest BCUT2D eigenvalue weighted by Gasteiger charge is -2.06. The lowest BCUT2D eigenvalue weighted by Crippen LogP contribution is -2.24. The van der Waals surface area contributed by atoms with E-state index in [1.54, 1.807) is 18.3 Å². The molecule has 2 aromatic heterocycles. The highest BCUT2D eigenvalue weighted by molar-refractivity contribution is 7.15. The normalized spacial score (nSPS) is 13.5. The van der Waals surface area contributed by atoms with Crippen molar-refractivity contribution in [3.05, 3.63) is 23.0 Å². The van der Waals surface area contributed by atoms with Gasteiger partial charge in [0.25, 0.3) is 0 Å². The van der Waals surface area contributed by atoms with Crippen molar-refractivity contribution in [3.8, 4) is 0 Å². The summed E-state index contributed by atoms with van der Waals surface area (Å²) in [7, 11) is 0. The van der Waals surface area contributed by atoms with Crippen LogP contribution in [0.15, 0.2) is 11.6 Å². The number of rotatable bonds is 4. The Morgan fingerprint density at radius 1 is 1.67 bits per heavy atom. The van der Waals surface area contributed by atoms with Gasteiger partial charge in [0.1, 0.15) is 0 Å². The summed E-state index contributed by atoms with van der Waals surface area (Å²) >= 11 is 1.64. The predicted octanol–water partition coefficient (Wildman–Crippen LogP) is 1.17. The summed E-state index contributed by atoms with van der Waals surface area (Å²) in [6.07, 6.45) is 1.72. The van der Waals surface area contributed by atoms with Gasteiger partial charge in [-0.2, -0.15) is 0 Å². The van der Waals surface area contributed by atoms with E-state index in [0.29, 0.717) is 6.54 Å². The first-order valence-corrected chi connectivity index (χ1v) is 5.86. The molecular weight excluding hydrogens is 210 g/mol. The topological polar surface area (TPSA) is 49.6 Å². The highest BCUT2D eigenvalue weighted by Crippen LogP contribution is 2.16. The first kappa shape index (κ1) is 10.6. The number of aliphatic hydroxyl groups excluding tert-OH is 1. The van der Waals surface area contributed by atoms with Crippen LogP contribution in [-0.4, -0.2) is 27.1 Å². The van der Waals surface area contributed by atoms with Crippen LogP contribution in [0, 0.1) is 6.92 Å². The second-order valence-electron chi connectivity index (χ2n) is 3.68. The molecule has 2 N–H and O–H groups in total. The molecule has 4 nitrogen and oxygen atoms in total. The van der Waals surface area contributed by atoms with Crippen LogP contribution in [0.1, 0.15) is 18.3 Å². The van der Waals surface area contributed by atoms with Crippen molar-refractivity contribution in [3.63, 3.8) is 0 Å². The van der Waals surface area contributed by atoms with Gasteiger partial charge < -0.3 is 10.4 Å². The molecule has 5 heteroatoms. The molecule has 0 fully saturated rings. The van der Waals surface area contributed by atoms with E-state index in [4.69, 9.17) is 5.11 Å². The van der Waals surface area contributed by atoms with Crippen molar-refractivity contribution in [1.82, 2.24) is 14.7 Å². The largest absolute Gasteiger partial charge is 0.392 e. The van der Waals surface area contributed by atoms with E-state index in [0.717, 1.165) is 17.2 Å². The zero-order valence-corrected chi connectivity index (χ0v) is 9.71. The average molecular weight is 225 g/mol. The molecule has 0 amide bonds. The molecule has 0 bridgehead atoms. The summed E-state index contributed by atoms with van der Waals surface area (Å²) in [4.78, 5) is 5.48. The lowest BCUT2D eigenvalue weighted by atomic mass is 10.3. The second-order valence-corrected chi connectivity index (χ2v) is 4.55. The van der Waals surface area contributed by atoms with Gasteiger partial charge in [-0.25, -0.2) is 4.98 Å². The van der Waals surface area contributed by atoms with Gasteiger partial charge in [-0.3, -0.25) is 4.40 Å². The van der Waals surface area contributed by atoms with E-state index in [1.165, 1.54) is 5.69 Å². The van der Waals surface area contributed by atoms with Gasteiger partial charge in [-0.1, -0.05) is 0 Å². The van der Waals surface area contributed by atoms with Crippen molar-refractivity contribution in [2.24, 2.45) is 0 Å². The summed E-state index contributed by atoms with van der Waals surface area (Å²) in [5.74, 6) is 0. The molecule has 82 valence electrons. The standard InChI is InChI=1S/C10H15N3OS/c1-7(14)5-11-6-9-8(2)12-10-13(9)3-4-15-10/h3-4,7,11,14H,5-6H2,1-2H3/t7-/m1/s1. The Bertz CT molecular complexity index is 446. The van der Waals surface area contributed by atoms with Gasteiger partial charge in [0.2, 0.25) is 0 Å². The van der Waals surface area contributed by atoms with Crippen molar-refractivity contribution < 1.29 is 5.11 Å². The third-order valence-electron chi connectivity index (χ3n) is 2.29. The third-order valence-corrected chi connectivity index (χ3v) is 3.05. The Morgan fingerprint density at radius 3 is 3.20 bits per heavy atom. The Labute approximate surface area is 92.6 Å². The SMILES string of the molecule is Cc1nc2sccn2c1CNC[C@@H](C)O. The van der Waals surface area contributed by atoms with Crippen LogP contribution in [0.3, 0.4) is 0 Å². The first-order chi connectivity index (χ1) is 7.18. The molecule has 0 unspecified atom stereocenters. The Balaban J connectivity index is 2.12.